The maximum atomic E-state index is 13.4. The van der Waals surface area contributed by atoms with Crippen molar-refractivity contribution in [3.63, 3.8) is 0 Å². The molecular weight excluding hydrogens is 245 g/mol. The van der Waals surface area contributed by atoms with E-state index in [-0.39, 0.29) is 11.9 Å². The normalized spacial score (nSPS) is 17.0. The Hall–Kier alpha value is -1.46. The van der Waals surface area contributed by atoms with Gasteiger partial charge in [0.1, 0.15) is 11.6 Å². The van der Waals surface area contributed by atoms with Gasteiger partial charge in [0.05, 0.1) is 17.1 Å². The van der Waals surface area contributed by atoms with Crippen LogP contribution in [0, 0.1) is 5.82 Å². The standard InChI is InChI=1S/C14H18FN3O/c1-19-7-6-11(16)14-17-12-5-2-9(15)8-13(12)18(14)10-3-4-10/h2,5,8,10-11H,3-4,6-7,16H2,1H3. The monoisotopic (exact) mass is 263 g/mol. The third-order valence-electron chi connectivity index (χ3n) is 3.56. The third-order valence-corrected chi connectivity index (χ3v) is 3.56. The topological polar surface area (TPSA) is 53.1 Å². The Kier molecular flexibility index (Phi) is 3.24. The molecule has 5 heteroatoms. The number of nitrogens with zero attached hydrogens (tertiary/aromatic N) is 2. The molecule has 3 rings (SSSR count). The molecule has 0 bridgehead atoms. The Morgan fingerprint density at radius 2 is 2.32 bits per heavy atom. The van der Waals surface area contributed by atoms with E-state index in [0.29, 0.717) is 12.6 Å². The molecule has 1 aliphatic rings. The number of halogens is 1. The molecule has 1 heterocycles. The SMILES string of the molecule is COCCC(N)c1nc2ccc(F)cc2n1C1CC1. The van der Waals surface area contributed by atoms with Gasteiger partial charge in [-0.1, -0.05) is 0 Å². The smallest absolute Gasteiger partial charge is 0.127 e. The Balaban J connectivity index is 2.05. The van der Waals surface area contributed by atoms with Crippen molar-refractivity contribution in [3.8, 4) is 0 Å². The average Bonchev–Trinajstić information content (AvgIpc) is 3.17. The number of hydrogen-bond donors (Lipinski definition) is 1. The lowest BCUT2D eigenvalue weighted by molar-refractivity contribution is 0.186. The lowest BCUT2D eigenvalue weighted by atomic mass is 10.2. The second-order valence-corrected chi connectivity index (χ2v) is 5.09. The highest BCUT2D eigenvalue weighted by atomic mass is 19.1. The van der Waals surface area contributed by atoms with E-state index in [2.05, 4.69) is 9.55 Å². The van der Waals surface area contributed by atoms with Crippen molar-refractivity contribution >= 4 is 11.0 Å². The van der Waals surface area contributed by atoms with Crippen molar-refractivity contribution in [1.29, 1.82) is 0 Å². The Morgan fingerprint density at radius 1 is 1.53 bits per heavy atom. The molecule has 1 atom stereocenters. The minimum Gasteiger partial charge on any atom is -0.385 e. The second kappa shape index (κ2) is 4.90. The van der Waals surface area contributed by atoms with Crippen LogP contribution in [-0.2, 0) is 4.74 Å². The Bertz CT molecular complexity index is 592. The molecule has 0 amide bonds. The minimum absolute atomic E-state index is 0.170. The zero-order valence-electron chi connectivity index (χ0n) is 11.0. The van der Waals surface area contributed by atoms with Crippen LogP contribution in [0.25, 0.3) is 11.0 Å². The van der Waals surface area contributed by atoms with Gasteiger partial charge in [0.25, 0.3) is 0 Å². The molecule has 2 N–H and O–H groups in total. The summed E-state index contributed by atoms with van der Waals surface area (Å²) in [4.78, 5) is 4.58. The number of hydrogen-bond acceptors (Lipinski definition) is 3. The highest BCUT2D eigenvalue weighted by molar-refractivity contribution is 5.76. The number of imidazole rings is 1. The molecule has 1 aromatic carbocycles. The summed E-state index contributed by atoms with van der Waals surface area (Å²) in [6, 6.07) is 4.96. The van der Waals surface area contributed by atoms with Crippen LogP contribution in [0.2, 0.25) is 0 Å². The van der Waals surface area contributed by atoms with Crippen molar-refractivity contribution in [2.24, 2.45) is 5.73 Å². The zero-order valence-corrected chi connectivity index (χ0v) is 11.0. The predicted octanol–water partition coefficient (Wildman–Crippen LogP) is 2.55. The molecule has 102 valence electrons. The van der Waals surface area contributed by atoms with Crippen molar-refractivity contribution in [3.05, 3.63) is 29.8 Å². The highest BCUT2D eigenvalue weighted by Gasteiger charge is 2.30. The number of nitrogens with two attached hydrogens (primary N) is 1. The number of fused-ring (bicyclic) bond motifs is 1. The Labute approximate surface area is 111 Å². The van der Waals surface area contributed by atoms with Gasteiger partial charge in [-0.2, -0.15) is 0 Å². The molecule has 0 aliphatic heterocycles. The first kappa shape index (κ1) is 12.6. The van der Waals surface area contributed by atoms with Crippen molar-refractivity contribution < 1.29 is 9.13 Å². The summed E-state index contributed by atoms with van der Waals surface area (Å²) in [5.41, 5.74) is 7.86. The summed E-state index contributed by atoms with van der Waals surface area (Å²) in [5, 5.41) is 0. The molecule has 19 heavy (non-hydrogen) atoms. The quantitative estimate of drug-likeness (QED) is 0.902. The van der Waals surface area contributed by atoms with Gasteiger partial charge in [-0.05, 0) is 37.5 Å². The summed E-state index contributed by atoms with van der Waals surface area (Å²) in [6.45, 7) is 0.601. The lowest BCUT2D eigenvalue weighted by Gasteiger charge is -2.13. The van der Waals surface area contributed by atoms with Crippen LogP contribution in [-0.4, -0.2) is 23.3 Å². The van der Waals surface area contributed by atoms with Crippen LogP contribution in [0.1, 0.15) is 37.2 Å². The molecule has 1 saturated carbocycles. The average molecular weight is 263 g/mol. The molecular formula is C14H18FN3O. The van der Waals surface area contributed by atoms with Gasteiger partial charge < -0.3 is 15.0 Å². The van der Waals surface area contributed by atoms with Gasteiger partial charge in [0, 0.05) is 19.8 Å². The van der Waals surface area contributed by atoms with Gasteiger partial charge in [0.2, 0.25) is 0 Å². The fourth-order valence-corrected chi connectivity index (χ4v) is 2.44. The van der Waals surface area contributed by atoms with E-state index in [9.17, 15) is 4.39 Å². The van der Waals surface area contributed by atoms with Gasteiger partial charge in [-0.3, -0.25) is 0 Å². The molecule has 0 saturated heterocycles. The summed E-state index contributed by atoms with van der Waals surface area (Å²) >= 11 is 0. The number of rotatable bonds is 5. The maximum Gasteiger partial charge on any atom is 0.127 e. The van der Waals surface area contributed by atoms with Crippen molar-refractivity contribution in [1.82, 2.24) is 9.55 Å². The largest absolute Gasteiger partial charge is 0.385 e. The Morgan fingerprint density at radius 3 is 3.00 bits per heavy atom. The van der Waals surface area contributed by atoms with E-state index in [1.54, 1.807) is 19.2 Å². The minimum atomic E-state index is -0.230. The van der Waals surface area contributed by atoms with E-state index >= 15 is 0 Å². The first-order chi connectivity index (χ1) is 9.20. The molecule has 1 aliphatic carbocycles. The van der Waals surface area contributed by atoms with Crippen molar-refractivity contribution in [2.75, 3.05) is 13.7 Å². The van der Waals surface area contributed by atoms with E-state index in [0.717, 1.165) is 36.1 Å². The molecule has 1 fully saturated rings. The van der Waals surface area contributed by atoms with E-state index in [1.165, 1.54) is 6.07 Å². The summed E-state index contributed by atoms with van der Waals surface area (Å²) < 4.78 is 20.6. The van der Waals surface area contributed by atoms with Gasteiger partial charge in [0.15, 0.2) is 0 Å². The molecule has 0 spiro atoms. The number of methoxy groups -OCH3 is 1. The summed E-state index contributed by atoms with van der Waals surface area (Å²) in [6.07, 6.45) is 2.95. The molecule has 0 radical (unpaired) electrons. The first-order valence-corrected chi connectivity index (χ1v) is 6.62. The van der Waals surface area contributed by atoms with Crippen LogP contribution < -0.4 is 5.73 Å². The van der Waals surface area contributed by atoms with E-state index in [1.807, 2.05) is 0 Å². The molecule has 2 aromatic rings. The van der Waals surface area contributed by atoms with Gasteiger partial charge in [-0.25, -0.2) is 9.37 Å². The van der Waals surface area contributed by atoms with Crippen LogP contribution in [0.5, 0.6) is 0 Å². The highest BCUT2D eigenvalue weighted by Crippen LogP contribution is 2.40. The predicted molar refractivity (Wildman–Crippen MR) is 71.4 cm³/mol. The zero-order chi connectivity index (χ0) is 13.4. The van der Waals surface area contributed by atoms with E-state index in [4.69, 9.17) is 10.5 Å². The summed E-state index contributed by atoms with van der Waals surface area (Å²) in [7, 11) is 1.66. The molecule has 1 unspecified atom stereocenters. The summed E-state index contributed by atoms with van der Waals surface area (Å²) in [5.74, 6) is 0.617. The van der Waals surface area contributed by atoms with Crippen LogP contribution in [0.4, 0.5) is 4.39 Å². The van der Waals surface area contributed by atoms with Crippen LogP contribution >= 0.6 is 0 Å². The van der Waals surface area contributed by atoms with E-state index < -0.39 is 0 Å². The van der Waals surface area contributed by atoms with Crippen LogP contribution in [0.15, 0.2) is 18.2 Å². The van der Waals surface area contributed by atoms with Crippen LogP contribution in [0.3, 0.4) is 0 Å². The molecule has 4 nitrogen and oxygen atoms in total. The fourth-order valence-electron chi connectivity index (χ4n) is 2.44. The second-order valence-electron chi connectivity index (χ2n) is 5.09. The van der Waals surface area contributed by atoms with Gasteiger partial charge >= 0.3 is 0 Å². The number of benzene rings is 1. The third kappa shape index (κ3) is 2.35. The maximum absolute atomic E-state index is 13.4. The number of aromatic nitrogens is 2. The molecule has 1 aromatic heterocycles. The van der Waals surface area contributed by atoms with Crippen molar-refractivity contribution in [2.45, 2.75) is 31.3 Å². The first-order valence-electron chi connectivity index (χ1n) is 6.62. The fraction of sp³-hybridized carbons (Fsp3) is 0.500. The van der Waals surface area contributed by atoms with Gasteiger partial charge in [-0.15, -0.1) is 0 Å². The lowest BCUT2D eigenvalue weighted by Crippen LogP contribution is -2.18. The number of ether oxygens (including phenoxy) is 1.